The summed E-state index contributed by atoms with van der Waals surface area (Å²) in [6.07, 6.45) is 4.37. The molecule has 3 rings (SSSR count). The maximum absolute atomic E-state index is 10.9. The summed E-state index contributed by atoms with van der Waals surface area (Å²) in [6, 6.07) is 2.87. The van der Waals surface area contributed by atoms with E-state index < -0.39 is 4.92 Å². The summed E-state index contributed by atoms with van der Waals surface area (Å²) in [6.45, 7) is 2.90. The van der Waals surface area contributed by atoms with Crippen LogP contribution in [0.1, 0.15) is 0 Å². The molecule has 0 aliphatic carbocycles. The Hall–Kier alpha value is -3.01. The summed E-state index contributed by atoms with van der Waals surface area (Å²) < 4.78 is 10.4. The third-order valence-electron chi connectivity index (χ3n) is 3.15. The Morgan fingerprint density at radius 1 is 1.39 bits per heavy atom. The van der Waals surface area contributed by atoms with Gasteiger partial charge in [-0.05, 0) is 0 Å². The van der Waals surface area contributed by atoms with Crippen molar-refractivity contribution in [3.8, 4) is 11.6 Å². The van der Waals surface area contributed by atoms with Gasteiger partial charge in [-0.3, -0.25) is 15.5 Å². The molecule has 0 saturated carbocycles. The number of nitrogens with one attached hydrogen (secondary N) is 1. The van der Waals surface area contributed by atoms with Crippen molar-refractivity contribution in [2.75, 3.05) is 31.7 Å². The second-order valence-corrected chi connectivity index (χ2v) is 4.66. The third-order valence-corrected chi connectivity index (χ3v) is 3.15. The quantitative estimate of drug-likeness (QED) is 0.379. The van der Waals surface area contributed by atoms with Crippen molar-refractivity contribution in [1.29, 1.82) is 0 Å². The number of hydrazone groups is 1. The lowest BCUT2D eigenvalue weighted by Gasteiger charge is -2.23. The van der Waals surface area contributed by atoms with E-state index >= 15 is 0 Å². The number of nitrogens with zero attached hydrogens (tertiary/aromatic N) is 5. The van der Waals surface area contributed by atoms with E-state index in [1.165, 1.54) is 18.5 Å². The molecular weight excluding hydrogens is 304 g/mol. The van der Waals surface area contributed by atoms with Gasteiger partial charge >= 0.3 is 5.69 Å². The average molecular weight is 318 g/mol. The summed E-state index contributed by atoms with van der Waals surface area (Å²) in [7, 11) is 0. The highest BCUT2D eigenvalue weighted by Crippen LogP contribution is 2.28. The summed E-state index contributed by atoms with van der Waals surface area (Å²) in [4.78, 5) is 20.5. The number of hydrogen-bond donors (Lipinski definition) is 1. The van der Waals surface area contributed by atoms with Gasteiger partial charge < -0.3 is 14.1 Å². The minimum absolute atomic E-state index is 0.0100. The van der Waals surface area contributed by atoms with Gasteiger partial charge in [-0.15, -0.1) is 0 Å². The first kappa shape index (κ1) is 14.9. The van der Waals surface area contributed by atoms with Gasteiger partial charge in [0.05, 0.1) is 30.5 Å². The zero-order valence-corrected chi connectivity index (χ0v) is 12.1. The van der Waals surface area contributed by atoms with Gasteiger partial charge in [0.2, 0.25) is 11.6 Å². The molecule has 0 atom stereocenters. The van der Waals surface area contributed by atoms with Crippen molar-refractivity contribution in [2.45, 2.75) is 0 Å². The van der Waals surface area contributed by atoms with E-state index in [2.05, 4.69) is 20.5 Å². The van der Waals surface area contributed by atoms with Gasteiger partial charge in [0.25, 0.3) is 0 Å². The Bertz CT molecular complexity index is 710. The summed E-state index contributed by atoms with van der Waals surface area (Å²) >= 11 is 0. The molecule has 1 aliphatic rings. The van der Waals surface area contributed by atoms with E-state index in [-0.39, 0.29) is 17.3 Å². The molecule has 1 saturated heterocycles. The molecule has 3 heterocycles. The van der Waals surface area contributed by atoms with Crippen LogP contribution in [0.4, 0.5) is 11.5 Å². The largest absolute Gasteiger partial charge is 0.454 e. The van der Waals surface area contributed by atoms with E-state index in [9.17, 15) is 10.1 Å². The highest BCUT2D eigenvalue weighted by atomic mass is 16.6. The summed E-state index contributed by atoms with van der Waals surface area (Å²) in [5, 5.41) is 15.0. The molecule has 10 nitrogen and oxygen atoms in total. The SMILES string of the molecule is O=[N+]([O-])c1ccoc1-c1nccc(N/N=C/N2CCOCC2)n1. The van der Waals surface area contributed by atoms with E-state index in [0.29, 0.717) is 19.0 Å². The molecule has 120 valence electrons. The lowest BCUT2D eigenvalue weighted by atomic mass is 10.3. The number of morpholine rings is 1. The second-order valence-electron chi connectivity index (χ2n) is 4.66. The van der Waals surface area contributed by atoms with Gasteiger partial charge in [0.15, 0.2) is 0 Å². The molecule has 2 aromatic rings. The predicted octanol–water partition coefficient (Wildman–Crippen LogP) is 1.33. The molecule has 23 heavy (non-hydrogen) atoms. The van der Waals surface area contributed by atoms with Crippen LogP contribution in [0.15, 0.2) is 34.1 Å². The van der Waals surface area contributed by atoms with Crippen LogP contribution in [-0.4, -0.2) is 52.4 Å². The van der Waals surface area contributed by atoms with E-state index in [1.807, 2.05) is 4.90 Å². The minimum atomic E-state index is -0.543. The van der Waals surface area contributed by atoms with Gasteiger partial charge in [-0.25, -0.2) is 9.97 Å². The molecule has 1 aliphatic heterocycles. The van der Waals surface area contributed by atoms with Crippen LogP contribution in [0.5, 0.6) is 0 Å². The van der Waals surface area contributed by atoms with Gasteiger partial charge in [-0.2, -0.15) is 5.10 Å². The van der Waals surface area contributed by atoms with Crippen LogP contribution < -0.4 is 5.43 Å². The van der Waals surface area contributed by atoms with Gasteiger partial charge in [-0.1, -0.05) is 0 Å². The maximum atomic E-state index is 10.9. The molecule has 0 unspecified atom stereocenters. The Labute approximate surface area is 130 Å². The van der Waals surface area contributed by atoms with Crippen LogP contribution in [-0.2, 0) is 4.74 Å². The fourth-order valence-corrected chi connectivity index (χ4v) is 2.01. The van der Waals surface area contributed by atoms with Crippen LogP contribution in [0.3, 0.4) is 0 Å². The number of ether oxygens (including phenoxy) is 1. The van der Waals surface area contributed by atoms with Gasteiger partial charge in [0, 0.05) is 25.4 Å². The topological polar surface area (TPSA) is 119 Å². The number of nitro groups is 1. The maximum Gasteiger partial charge on any atom is 0.318 e. The van der Waals surface area contributed by atoms with Crippen LogP contribution in [0.25, 0.3) is 11.6 Å². The van der Waals surface area contributed by atoms with Crippen molar-refractivity contribution in [1.82, 2.24) is 14.9 Å². The van der Waals surface area contributed by atoms with E-state index in [1.54, 1.807) is 12.4 Å². The molecular formula is C13H14N6O4. The first-order valence-electron chi connectivity index (χ1n) is 6.90. The van der Waals surface area contributed by atoms with Crippen LogP contribution in [0, 0.1) is 10.1 Å². The number of furan rings is 1. The minimum Gasteiger partial charge on any atom is -0.454 e. The molecule has 0 bridgehead atoms. The number of rotatable bonds is 5. The first-order chi connectivity index (χ1) is 11.2. The Balaban J connectivity index is 1.71. The van der Waals surface area contributed by atoms with Crippen LogP contribution >= 0.6 is 0 Å². The molecule has 1 N–H and O–H groups in total. The predicted molar refractivity (Wildman–Crippen MR) is 80.9 cm³/mol. The molecule has 0 amide bonds. The zero-order valence-electron chi connectivity index (χ0n) is 12.1. The normalized spacial score (nSPS) is 15.0. The van der Waals surface area contributed by atoms with Crippen molar-refractivity contribution in [2.24, 2.45) is 5.10 Å². The monoisotopic (exact) mass is 318 g/mol. The fraction of sp³-hybridized carbons (Fsp3) is 0.308. The Morgan fingerprint density at radius 3 is 3.00 bits per heavy atom. The lowest BCUT2D eigenvalue weighted by molar-refractivity contribution is -0.384. The van der Waals surface area contributed by atoms with Crippen LogP contribution in [0.2, 0.25) is 0 Å². The van der Waals surface area contributed by atoms with Crippen molar-refractivity contribution in [3.05, 3.63) is 34.7 Å². The van der Waals surface area contributed by atoms with E-state index in [0.717, 1.165) is 13.1 Å². The van der Waals surface area contributed by atoms with Gasteiger partial charge in [0.1, 0.15) is 12.2 Å². The van der Waals surface area contributed by atoms with E-state index in [4.69, 9.17) is 9.15 Å². The fourth-order valence-electron chi connectivity index (χ4n) is 2.01. The third kappa shape index (κ3) is 3.61. The molecule has 0 radical (unpaired) electrons. The molecule has 1 fully saturated rings. The smallest absolute Gasteiger partial charge is 0.318 e. The molecule has 0 aromatic carbocycles. The second kappa shape index (κ2) is 6.83. The summed E-state index contributed by atoms with van der Waals surface area (Å²) in [5.41, 5.74) is 2.59. The average Bonchev–Trinajstić information content (AvgIpc) is 3.06. The van der Waals surface area contributed by atoms with Crippen molar-refractivity contribution >= 4 is 17.8 Å². The molecule has 2 aromatic heterocycles. The lowest BCUT2D eigenvalue weighted by Crippen LogP contribution is -2.35. The number of anilines is 1. The summed E-state index contributed by atoms with van der Waals surface area (Å²) in [5.74, 6) is 0.536. The number of aromatic nitrogens is 2. The highest BCUT2D eigenvalue weighted by Gasteiger charge is 2.21. The Kier molecular flexibility index (Phi) is 4.43. The highest BCUT2D eigenvalue weighted by molar-refractivity contribution is 5.62. The van der Waals surface area contributed by atoms with Crippen molar-refractivity contribution in [3.63, 3.8) is 0 Å². The molecule has 0 spiro atoms. The Morgan fingerprint density at radius 2 is 2.22 bits per heavy atom. The number of hydrogen-bond acceptors (Lipinski definition) is 8. The standard InChI is InChI=1S/C13H14N6O4/c20-19(21)10-2-6-23-12(10)13-14-3-1-11(16-13)17-15-9-18-4-7-22-8-5-18/h1-3,6,9H,4-5,7-8H2,(H,14,16,17)/b15-9+. The first-order valence-corrected chi connectivity index (χ1v) is 6.90. The molecule has 10 heteroatoms. The van der Waals surface area contributed by atoms with Crippen molar-refractivity contribution < 1.29 is 14.1 Å². The zero-order chi connectivity index (χ0) is 16.1.